The van der Waals surface area contributed by atoms with E-state index in [1.165, 1.54) is 6.07 Å². The van der Waals surface area contributed by atoms with E-state index in [2.05, 4.69) is 30.5 Å². The maximum Gasteiger partial charge on any atom is 0.326 e. The van der Waals surface area contributed by atoms with Gasteiger partial charge in [0.2, 0.25) is 5.91 Å². The first kappa shape index (κ1) is 23.5. The van der Waals surface area contributed by atoms with E-state index in [-0.39, 0.29) is 35.1 Å². The van der Waals surface area contributed by atoms with Crippen molar-refractivity contribution < 1.29 is 18.3 Å². The second-order valence-corrected chi connectivity index (χ2v) is 8.70. The summed E-state index contributed by atoms with van der Waals surface area (Å²) in [7, 11) is 0. The fraction of sp³-hybridized carbons (Fsp3) is 0.304. The number of carbonyl (C=O) groups excluding carboxylic acids is 1. The van der Waals surface area contributed by atoms with Crippen molar-refractivity contribution in [1.82, 2.24) is 30.0 Å². The molecule has 1 fully saturated rings. The molecule has 1 aliphatic rings. The quantitative estimate of drug-likeness (QED) is 0.305. The van der Waals surface area contributed by atoms with E-state index < -0.39 is 11.6 Å². The van der Waals surface area contributed by atoms with Crippen LogP contribution < -0.4 is 20.7 Å². The van der Waals surface area contributed by atoms with Gasteiger partial charge in [0.25, 0.3) is 0 Å². The molecule has 0 aliphatic carbocycles. The van der Waals surface area contributed by atoms with Crippen molar-refractivity contribution in [1.29, 1.82) is 0 Å². The highest BCUT2D eigenvalue weighted by Gasteiger charge is 2.22. The van der Waals surface area contributed by atoms with Gasteiger partial charge in [-0.1, -0.05) is 0 Å². The number of H-pyrrole nitrogens is 2. The van der Waals surface area contributed by atoms with Crippen molar-refractivity contribution in [2.45, 2.75) is 13.8 Å². The lowest BCUT2D eigenvalue weighted by Crippen LogP contribution is -2.49. The number of rotatable bonds is 7. The first-order valence-electron chi connectivity index (χ1n) is 11.3. The van der Waals surface area contributed by atoms with Crippen LogP contribution in [0.15, 0.2) is 24.3 Å². The minimum Gasteiger partial charge on any atom is -0.421 e. The number of aromatic nitrogens is 5. The van der Waals surface area contributed by atoms with Gasteiger partial charge in [-0.25, -0.2) is 8.78 Å². The van der Waals surface area contributed by atoms with Crippen LogP contribution in [0.4, 0.5) is 26.2 Å². The van der Waals surface area contributed by atoms with Gasteiger partial charge < -0.3 is 25.7 Å². The van der Waals surface area contributed by atoms with Crippen molar-refractivity contribution in [2.75, 3.05) is 42.9 Å². The molecule has 188 valence electrons. The number of aryl methyl sites for hydroxylation is 2. The molecule has 5 rings (SSSR count). The molecule has 0 saturated carbocycles. The average molecular weight is 498 g/mol. The maximum atomic E-state index is 15.2. The highest BCUT2D eigenvalue weighted by molar-refractivity contribution is 5.83. The van der Waals surface area contributed by atoms with Gasteiger partial charge in [0, 0.05) is 61.2 Å². The largest absolute Gasteiger partial charge is 0.421 e. The molecule has 1 aliphatic heterocycles. The average Bonchev–Trinajstić information content (AvgIpc) is 3.42. The van der Waals surface area contributed by atoms with Crippen LogP contribution in [0.2, 0.25) is 0 Å². The smallest absolute Gasteiger partial charge is 0.326 e. The van der Waals surface area contributed by atoms with Gasteiger partial charge in [-0.3, -0.25) is 14.8 Å². The lowest BCUT2D eigenvalue weighted by Gasteiger charge is -2.34. The number of ether oxygens (including phenoxy) is 1. The van der Waals surface area contributed by atoms with Crippen LogP contribution in [0.1, 0.15) is 11.4 Å². The Hall–Kier alpha value is -4.26. The Bertz CT molecular complexity index is 1430. The summed E-state index contributed by atoms with van der Waals surface area (Å²) in [6.07, 6.45) is 0. The first-order chi connectivity index (χ1) is 17.2. The Morgan fingerprint density at radius 1 is 1.08 bits per heavy atom. The number of halogens is 2. The number of aromatic amines is 2. The molecule has 3 aromatic heterocycles. The summed E-state index contributed by atoms with van der Waals surface area (Å²) in [5.41, 5.74) is 6.84. The SMILES string of the molecule is Cc1cc(Nc2cc(N3CCN(CC(N)=O)CC3)nc(Oc3cc(F)c4[nH]c(C)cc4c3F)n2)n[nH]1. The van der Waals surface area contributed by atoms with Crippen LogP contribution in [-0.2, 0) is 4.79 Å². The molecule has 0 bridgehead atoms. The van der Waals surface area contributed by atoms with Crippen molar-refractivity contribution >= 4 is 34.3 Å². The fourth-order valence-electron chi connectivity index (χ4n) is 4.16. The lowest BCUT2D eigenvalue weighted by molar-refractivity contribution is -0.119. The third-order valence-corrected chi connectivity index (χ3v) is 5.83. The molecule has 0 atom stereocenters. The van der Waals surface area contributed by atoms with Crippen molar-refractivity contribution in [3.63, 3.8) is 0 Å². The van der Waals surface area contributed by atoms with Crippen LogP contribution in [0, 0.1) is 25.5 Å². The number of nitrogens with zero attached hydrogens (tertiary/aromatic N) is 5. The summed E-state index contributed by atoms with van der Waals surface area (Å²) in [5.74, 6) is -0.678. The number of benzene rings is 1. The zero-order valence-electron chi connectivity index (χ0n) is 19.7. The van der Waals surface area contributed by atoms with E-state index in [9.17, 15) is 9.18 Å². The molecule has 0 unspecified atom stereocenters. The third kappa shape index (κ3) is 4.91. The second-order valence-electron chi connectivity index (χ2n) is 8.70. The Morgan fingerprint density at radius 3 is 2.56 bits per heavy atom. The zero-order chi connectivity index (χ0) is 25.4. The van der Waals surface area contributed by atoms with E-state index >= 15 is 4.39 Å². The molecule has 1 saturated heterocycles. The molecule has 5 N–H and O–H groups in total. The molecule has 11 nitrogen and oxygen atoms in total. The summed E-state index contributed by atoms with van der Waals surface area (Å²) >= 11 is 0. The van der Waals surface area contributed by atoms with Gasteiger partial charge in [0.15, 0.2) is 23.2 Å². The first-order valence-corrected chi connectivity index (χ1v) is 11.3. The highest BCUT2D eigenvalue weighted by Crippen LogP contribution is 2.33. The number of nitrogens with two attached hydrogens (primary N) is 1. The predicted molar refractivity (Wildman–Crippen MR) is 130 cm³/mol. The minimum atomic E-state index is -0.720. The van der Waals surface area contributed by atoms with Gasteiger partial charge in [0.1, 0.15) is 11.6 Å². The summed E-state index contributed by atoms with van der Waals surface area (Å²) in [6.45, 7) is 6.11. The molecule has 0 radical (unpaired) electrons. The van der Waals surface area contributed by atoms with Crippen LogP contribution in [-0.4, -0.2) is 68.7 Å². The van der Waals surface area contributed by atoms with Crippen molar-refractivity contribution in [3.05, 3.63) is 47.3 Å². The zero-order valence-corrected chi connectivity index (χ0v) is 19.7. The summed E-state index contributed by atoms with van der Waals surface area (Å²) in [4.78, 5) is 26.8. The number of hydrogen-bond acceptors (Lipinski definition) is 8. The Morgan fingerprint density at radius 2 is 1.86 bits per heavy atom. The number of fused-ring (bicyclic) bond motifs is 1. The highest BCUT2D eigenvalue weighted by atomic mass is 19.1. The standard InChI is InChI=1S/C23H25F2N9O2/c1-12-7-14-21(25)16(9-15(24)22(14)27-12)36-23-29-18(28-19-8-13(2)31-32-19)10-20(30-23)34-5-3-33(4-6-34)11-17(26)35/h7-10,27H,3-6,11H2,1-2H3,(H2,26,35)(H2,28,29,30,31,32). The summed E-state index contributed by atoms with van der Waals surface area (Å²) < 4.78 is 35.4. The van der Waals surface area contributed by atoms with Gasteiger partial charge >= 0.3 is 6.01 Å². The Kier molecular flexibility index (Phi) is 6.14. The summed E-state index contributed by atoms with van der Waals surface area (Å²) in [5, 5.41) is 10.1. The van der Waals surface area contributed by atoms with E-state index in [1.54, 1.807) is 19.1 Å². The molecule has 1 aromatic carbocycles. The number of primary amides is 1. The number of anilines is 3. The van der Waals surface area contributed by atoms with E-state index in [0.717, 1.165) is 11.8 Å². The van der Waals surface area contributed by atoms with Crippen molar-refractivity contribution in [2.24, 2.45) is 5.73 Å². The van der Waals surface area contributed by atoms with Crippen LogP contribution in [0.5, 0.6) is 11.8 Å². The Labute approximate surface area is 204 Å². The summed E-state index contributed by atoms with van der Waals surface area (Å²) in [6, 6.07) is 5.83. The normalized spacial score (nSPS) is 14.4. The number of amides is 1. The number of nitrogens with one attached hydrogen (secondary N) is 3. The van der Waals surface area contributed by atoms with Crippen LogP contribution in [0.25, 0.3) is 10.9 Å². The number of hydrogen-bond donors (Lipinski definition) is 4. The molecule has 4 heterocycles. The molecule has 0 spiro atoms. The van der Waals surface area contributed by atoms with Gasteiger partial charge in [0.05, 0.1) is 12.1 Å². The topological polar surface area (TPSA) is 141 Å². The van der Waals surface area contributed by atoms with Crippen LogP contribution in [0.3, 0.4) is 0 Å². The second kappa shape index (κ2) is 9.41. The molecule has 4 aromatic rings. The van der Waals surface area contributed by atoms with E-state index in [4.69, 9.17) is 10.5 Å². The fourth-order valence-corrected chi connectivity index (χ4v) is 4.16. The van der Waals surface area contributed by atoms with Gasteiger partial charge in [-0.05, 0) is 19.9 Å². The molecular weight excluding hydrogens is 472 g/mol. The van der Waals surface area contributed by atoms with E-state index in [0.29, 0.717) is 49.3 Å². The molecule has 36 heavy (non-hydrogen) atoms. The van der Waals surface area contributed by atoms with Gasteiger partial charge in [-0.15, -0.1) is 0 Å². The minimum absolute atomic E-state index is 0.0668. The molecule has 1 amide bonds. The molecular formula is C23H25F2N9O2. The maximum absolute atomic E-state index is 15.2. The monoisotopic (exact) mass is 497 g/mol. The lowest BCUT2D eigenvalue weighted by atomic mass is 10.2. The van der Waals surface area contributed by atoms with Crippen LogP contribution >= 0.6 is 0 Å². The predicted octanol–water partition coefficient (Wildman–Crippen LogP) is 2.72. The molecule has 13 heteroatoms. The number of carbonyl (C=O) groups is 1. The number of piperazine rings is 1. The van der Waals surface area contributed by atoms with Crippen molar-refractivity contribution in [3.8, 4) is 11.8 Å². The Balaban J connectivity index is 1.46. The van der Waals surface area contributed by atoms with Gasteiger partial charge in [-0.2, -0.15) is 15.1 Å². The van der Waals surface area contributed by atoms with E-state index in [1.807, 2.05) is 16.7 Å². The third-order valence-electron chi connectivity index (χ3n) is 5.83.